The molecule has 0 fully saturated rings. The molecule has 0 radical (unpaired) electrons. The highest BCUT2D eigenvalue weighted by Gasteiger charge is 2.12. The van der Waals surface area contributed by atoms with Gasteiger partial charge < -0.3 is 5.73 Å². The molecule has 0 heterocycles. The van der Waals surface area contributed by atoms with Crippen LogP contribution < -0.4 is 5.73 Å². The van der Waals surface area contributed by atoms with Gasteiger partial charge in [0.15, 0.2) is 5.78 Å². The van der Waals surface area contributed by atoms with E-state index in [0.29, 0.717) is 16.8 Å². The first-order valence-electron chi connectivity index (χ1n) is 6.30. The van der Waals surface area contributed by atoms with E-state index in [4.69, 9.17) is 5.73 Å². The number of hydrogen-bond donors (Lipinski definition) is 1. The summed E-state index contributed by atoms with van der Waals surface area (Å²) in [6.45, 7) is 2.14. The van der Waals surface area contributed by atoms with Crippen molar-refractivity contribution in [1.82, 2.24) is 0 Å². The summed E-state index contributed by atoms with van der Waals surface area (Å²) < 4.78 is 0.875. The maximum Gasteiger partial charge on any atom is 0.195 e. The van der Waals surface area contributed by atoms with E-state index in [-0.39, 0.29) is 5.78 Å². The van der Waals surface area contributed by atoms with E-state index in [2.05, 4.69) is 22.9 Å². The molecule has 2 nitrogen and oxygen atoms in total. The van der Waals surface area contributed by atoms with Gasteiger partial charge in [0.1, 0.15) is 0 Å². The molecule has 19 heavy (non-hydrogen) atoms. The van der Waals surface area contributed by atoms with Crippen LogP contribution in [0.3, 0.4) is 0 Å². The van der Waals surface area contributed by atoms with Gasteiger partial charge in [0, 0.05) is 21.3 Å². The Morgan fingerprint density at radius 1 is 1.16 bits per heavy atom. The Balaban J connectivity index is 2.28. The van der Waals surface area contributed by atoms with Crippen LogP contribution >= 0.6 is 15.9 Å². The summed E-state index contributed by atoms with van der Waals surface area (Å²) in [6, 6.07) is 13.1. The van der Waals surface area contributed by atoms with E-state index >= 15 is 0 Å². The van der Waals surface area contributed by atoms with Gasteiger partial charge in [0.05, 0.1) is 0 Å². The predicted molar refractivity (Wildman–Crippen MR) is 82.4 cm³/mol. The van der Waals surface area contributed by atoms with Crippen LogP contribution in [0.2, 0.25) is 0 Å². The van der Waals surface area contributed by atoms with Crippen molar-refractivity contribution in [3.05, 3.63) is 63.6 Å². The SMILES string of the molecule is CCCc1ccc(C(=O)c2ccc(Br)cc2N)cc1. The number of carbonyl (C=O) groups excluding carboxylic acids is 1. The van der Waals surface area contributed by atoms with Gasteiger partial charge in [-0.25, -0.2) is 0 Å². The first-order valence-corrected chi connectivity index (χ1v) is 7.09. The minimum Gasteiger partial charge on any atom is -0.398 e. The Labute approximate surface area is 121 Å². The summed E-state index contributed by atoms with van der Waals surface area (Å²) in [6.07, 6.45) is 2.14. The Morgan fingerprint density at radius 3 is 2.42 bits per heavy atom. The van der Waals surface area contributed by atoms with Gasteiger partial charge in [-0.15, -0.1) is 0 Å². The second-order valence-corrected chi connectivity index (χ2v) is 5.42. The third kappa shape index (κ3) is 3.24. The number of halogens is 1. The fraction of sp³-hybridized carbons (Fsp3) is 0.188. The average Bonchev–Trinajstić information content (AvgIpc) is 2.39. The molecule has 2 aromatic rings. The van der Waals surface area contributed by atoms with E-state index in [9.17, 15) is 4.79 Å². The molecule has 0 spiro atoms. The fourth-order valence-corrected chi connectivity index (χ4v) is 2.39. The van der Waals surface area contributed by atoms with Gasteiger partial charge in [-0.1, -0.05) is 53.5 Å². The molecule has 0 atom stereocenters. The first-order chi connectivity index (χ1) is 9.11. The molecule has 0 saturated carbocycles. The number of nitrogens with two attached hydrogens (primary N) is 1. The second-order valence-electron chi connectivity index (χ2n) is 4.51. The lowest BCUT2D eigenvalue weighted by atomic mass is 10.00. The Morgan fingerprint density at radius 2 is 1.84 bits per heavy atom. The normalized spacial score (nSPS) is 10.4. The highest BCUT2D eigenvalue weighted by atomic mass is 79.9. The van der Waals surface area contributed by atoms with E-state index in [1.807, 2.05) is 30.3 Å². The van der Waals surface area contributed by atoms with Crippen LogP contribution in [0, 0.1) is 0 Å². The topological polar surface area (TPSA) is 43.1 Å². The van der Waals surface area contributed by atoms with Crippen molar-refractivity contribution in [2.24, 2.45) is 0 Å². The molecule has 2 rings (SSSR count). The number of hydrogen-bond acceptors (Lipinski definition) is 2. The molecular weight excluding hydrogens is 302 g/mol. The fourth-order valence-electron chi connectivity index (χ4n) is 2.01. The Hall–Kier alpha value is -1.61. The van der Waals surface area contributed by atoms with Gasteiger partial charge in [-0.2, -0.15) is 0 Å². The van der Waals surface area contributed by atoms with E-state index in [1.165, 1.54) is 5.56 Å². The molecule has 0 aromatic heterocycles. The highest BCUT2D eigenvalue weighted by Crippen LogP contribution is 2.21. The van der Waals surface area contributed by atoms with Gasteiger partial charge in [0.2, 0.25) is 0 Å². The molecule has 0 unspecified atom stereocenters. The second kappa shape index (κ2) is 6.02. The molecule has 0 saturated heterocycles. The average molecular weight is 318 g/mol. The third-order valence-corrected chi connectivity index (χ3v) is 3.51. The number of benzene rings is 2. The predicted octanol–water partition coefficient (Wildman–Crippen LogP) is 4.21. The molecule has 0 aliphatic carbocycles. The van der Waals surface area contributed by atoms with Crippen LogP contribution in [-0.4, -0.2) is 5.78 Å². The van der Waals surface area contributed by atoms with Crippen LogP contribution in [-0.2, 0) is 6.42 Å². The van der Waals surface area contributed by atoms with Crippen LogP contribution in [0.25, 0.3) is 0 Å². The minimum atomic E-state index is -0.0342. The lowest BCUT2D eigenvalue weighted by Crippen LogP contribution is -2.05. The van der Waals surface area contributed by atoms with Gasteiger partial charge >= 0.3 is 0 Å². The summed E-state index contributed by atoms with van der Waals surface area (Å²) in [5.41, 5.74) is 8.86. The van der Waals surface area contributed by atoms with Gasteiger partial charge in [-0.3, -0.25) is 4.79 Å². The lowest BCUT2D eigenvalue weighted by molar-refractivity contribution is 0.103. The first kappa shape index (κ1) is 13.8. The molecule has 2 aromatic carbocycles. The lowest BCUT2D eigenvalue weighted by Gasteiger charge is -2.06. The zero-order valence-electron chi connectivity index (χ0n) is 10.8. The summed E-state index contributed by atoms with van der Waals surface area (Å²) in [4.78, 5) is 12.4. The van der Waals surface area contributed by atoms with Crippen molar-refractivity contribution in [3.8, 4) is 0 Å². The maximum atomic E-state index is 12.4. The van der Waals surface area contributed by atoms with E-state index in [1.54, 1.807) is 12.1 Å². The number of ketones is 1. The molecule has 0 aliphatic rings. The molecule has 2 N–H and O–H groups in total. The molecule has 98 valence electrons. The molecule has 0 bridgehead atoms. The van der Waals surface area contributed by atoms with E-state index < -0.39 is 0 Å². The Kier molecular flexibility index (Phi) is 4.38. The maximum absolute atomic E-state index is 12.4. The quantitative estimate of drug-likeness (QED) is 0.678. The smallest absolute Gasteiger partial charge is 0.195 e. The van der Waals surface area contributed by atoms with Crippen molar-refractivity contribution < 1.29 is 4.79 Å². The number of anilines is 1. The zero-order chi connectivity index (χ0) is 13.8. The summed E-state index contributed by atoms with van der Waals surface area (Å²) in [5, 5.41) is 0. The number of rotatable bonds is 4. The molecular formula is C16H16BrNO. The third-order valence-electron chi connectivity index (χ3n) is 3.01. The van der Waals surface area contributed by atoms with Gasteiger partial charge in [-0.05, 0) is 30.2 Å². The number of nitrogen functional groups attached to an aromatic ring is 1. The van der Waals surface area contributed by atoms with Crippen molar-refractivity contribution in [1.29, 1.82) is 0 Å². The molecule has 0 amide bonds. The summed E-state index contributed by atoms with van der Waals surface area (Å²) >= 11 is 3.34. The van der Waals surface area contributed by atoms with Crippen LogP contribution in [0.1, 0.15) is 34.8 Å². The molecule has 0 aliphatic heterocycles. The number of carbonyl (C=O) groups is 1. The van der Waals surface area contributed by atoms with Crippen LogP contribution in [0.15, 0.2) is 46.9 Å². The molecule has 3 heteroatoms. The van der Waals surface area contributed by atoms with E-state index in [0.717, 1.165) is 17.3 Å². The van der Waals surface area contributed by atoms with Gasteiger partial charge in [0.25, 0.3) is 0 Å². The monoisotopic (exact) mass is 317 g/mol. The van der Waals surface area contributed by atoms with Crippen molar-refractivity contribution in [2.45, 2.75) is 19.8 Å². The highest BCUT2D eigenvalue weighted by molar-refractivity contribution is 9.10. The van der Waals surface area contributed by atoms with Crippen molar-refractivity contribution in [3.63, 3.8) is 0 Å². The summed E-state index contributed by atoms with van der Waals surface area (Å²) in [5.74, 6) is -0.0342. The van der Waals surface area contributed by atoms with Crippen molar-refractivity contribution in [2.75, 3.05) is 5.73 Å². The Bertz CT molecular complexity index is 590. The van der Waals surface area contributed by atoms with Crippen molar-refractivity contribution >= 4 is 27.4 Å². The standard InChI is InChI=1S/C16H16BrNO/c1-2-3-11-4-6-12(7-5-11)16(19)14-9-8-13(17)10-15(14)18/h4-10H,2-3,18H2,1H3. The largest absolute Gasteiger partial charge is 0.398 e. The number of aryl methyl sites for hydroxylation is 1. The summed E-state index contributed by atoms with van der Waals surface area (Å²) in [7, 11) is 0. The van der Waals surface area contributed by atoms with Crippen LogP contribution in [0.4, 0.5) is 5.69 Å². The van der Waals surface area contributed by atoms with Crippen LogP contribution in [0.5, 0.6) is 0 Å². The minimum absolute atomic E-state index is 0.0342. The zero-order valence-corrected chi connectivity index (χ0v) is 12.4.